The molecule has 7 atom stereocenters. The number of fused-ring (bicyclic) bond motifs is 9. The number of benzene rings is 3. The number of halogens is 4. The average molecular weight is 787 g/mol. The van der Waals surface area contributed by atoms with E-state index in [1.807, 2.05) is 6.07 Å². The van der Waals surface area contributed by atoms with Gasteiger partial charge in [-0.15, -0.1) is 11.8 Å². The number of nitrogens with one attached hydrogen (secondary N) is 2. The Morgan fingerprint density at radius 1 is 1.02 bits per heavy atom. The van der Waals surface area contributed by atoms with Crippen molar-refractivity contribution in [1.29, 1.82) is 0 Å². The van der Waals surface area contributed by atoms with Crippen molar-refractivity contribution < 1.29 is 37.0 Å². The summed E-state index contributed by atoms with van der Waals surface area (Å²) >= 11 is 6.18. The van der Waals surface area contributed by atoms with Crippen LogP contribution in [0.1, 0.15) is 28.3 Å². The van der Waals surface area contributed by atoms with E-state index in [4.69, 9.17) is 9.47 Å². The molecule has 50 heavy (non-hydrogen) atoms. The van der Waals surface area contributed by atoms with Crippen LogP contribution in [0.15, 0.2) is 81.0 Å². The van der Waals surface area contributed by atoms with Crippen LogP contribution in [0, 0.1) is 29.6 Å². The average Bonchev–Trinajstić information content (AvgIpc) is 3.82. The number of anilines is 2. The van der Waals surface area contributed by atoms with Gasteiger partial charge in [-0.05, 0) is 78.8 Å². The molecule has 15 heteroatoms. The van der Waals surface area contributed by atoms with E-state index in [2.05, 4.69) is 26.2 Å². The summed E-state index contributed by atoms with van der Waals surface area (Å²) < 4.78 is 52.6. The summed E-state index contributed by atoms with van der Waals surface area (Å²) in [4.78, 5) is 58.6. The highest BCUT2D eigenvalue weighted by molar-refractivity contribution is 9.10. The zero-order valence-electron chi connectivity index (χ0n) is 26.0. The van der Waals surface area contributed by atoms with E-state index in [0.717, 1.165) is 22.3 Å². The molecule has 2 aliphatic heterocycles. The smallest absolute Gasteiger partial charge is 0.418 e. The number of thiazole rings is 1. The number of aromatic nitrogens is 1. The summed E-state index contributed by atoms with van der Waals surface area (Å²) in [5.74, 6) is -2.20. The number of amides is 3. The van der Waals surface area contributed by atoms with E-state index >= 15 is 0 Å². The number of methoxy groups -OCH3 is 1. The lowest BCUT2D eigenvalue weighted by atomic mass is 9.68. The zero-order valence-corrected chi connectivity index (χ0v) is 29.3. The van der Waals surface area contributed by atoms with E-state index in [-0.39, 0.29) is 45.4 Å². The molecular formula is C35H27BrF3N3O6S2. The van der Waals surface area contributed by atoms with Crippen LogP contribution in [0.5, 0.6) is 11.5 Å². The number of ether oxygens (including phenoxy) is 2. The van der Waals surface area contributed by atoms with Crippen LogP contribution >= 0.6 is 39.0 Å². The summed E-state index contributed by atoms with van der Waals surface area (Å²) in [6.07, 6.45) is -3.99. The first-order valence-electron chi connectivity index (χ1n) is 15.7. The number of aromatic amines is 1. The third kappa shape index (κ3) is 5.35. The van der Waals surface area contributed by atoms with Crippen molar-refractivity contribution in [2.24, 2.45) is 29.6 Å². The second kappa shape index (κ2) is 12.3. The molecule has 3 fully saturated rings. The molecule has 3 aromatic carbocycles. The Labute approximate surface area is 299 Å². The summed E-state index contributed by atoms with van der Waals surface area (Å²) in [5.41, 5.74) is -0.195. The normalized spacial score (nSPS) is 26.4. The molecule has 0 unspecified atom stereocenters. The first-order valence-corrected chi connectivity index (χ1v) is 18.2. The Morgan fingerprint density at radius 3 is 2.46 bits per heavy atom. The zero-order chi connectivity index (χ0) is 35.1. The number of hydrogen-bond donors (Lipinski definition) is 2. The monoisotopic (exact) mass is 785 g/mol. The Hall–Kier alpha value is -4.08. The van der Waals surface area contributed by atoms with Gasteiger partial charge in [0.2, 0.25) is 11.8 Å². The van der Waals surface area contributed by atoms with Gasteiger partial charge >= 0.3 is 11.0 Å². The van der Waals surface area contributed by atoms with Crippen molar-refractivity contribution in [1.82, 2.24) is 4.98 Å². The van der Waals surface area contributed by atoms with Gasteiger partial charge in [0.15, 0.2) is 6.61 Å². The molecular weight excluding hydrogens is 759 g/mol. The topological polar surface area (TPSA) is 118 Å². The van der Waals surface area contributed by atoms with Gasteiger partial charge < -0.3 is 19.8 Å². The molecule has 8 rings (SSSR count). The SMILES string of the molecule is COc1ccc(N2C(=O)[C@H]3[C@H]4C[C@@H]([C@@H]3C2=O)[C@@H]2[C@H](c3cc(Br)ccc3OCC(=O)Nc3ccccc3C(F)(F)F)c3sc(=O)[nH]c3S[C@H]42)cc1. The van der Waals surface area contributed by atoms with Crippen molar-refractivity contribution >= 4 is 68.1 Å². The van der Waals surface area contributed by atoms with Crippen LogP contribution in [0.2, 0.25) is 0 Å². The maximum Gasteiger partial charge on any atom is 0.418 e. The summed E-state index contributed by atoms with van der Waals surface area (Å²) in [7, 11) is 1.54. The molecule has 9 nitrogen and oxygen atoms in total. The molecule has 2 bridgehead atoms. The first kappa shape index (κ1) is 33.1. The fourth-order valence-corrected chi connectivity index (χ4v) is 11.7. The van der Waals surface area contributed by atoms with E-state index < -0.39 is 42.0 Å². The van der Waals surface area contributed by atoms with Crippen LogP contribution in [-0.4, -0.2) is 41.7 Å². The number of hydrogen-bond acceptors (Lipinski definition) is 8. The Kier molecular flexibility index (Phi) is 8.14. The molecule has 1 saturated heterocycles. The number of rotatable bonds is 7. The Bertz CT molecular complexity index is 2100. The molecule has 1 aromatic heterocycles. The van der Waals surface area contributed by atoms with Gasteiger partial charge in [-0.2, -0.15) is 13.2 Å². The second-order valence-electron chi connectivity index (χ2n) is 12.7. The number of alkyl halides is 3. The number of H-pyrrole nitrogens is 1. The fraction of sp³-hybridized carbons (Fsp3) is 0.314. The molecule has 4 aromatic rings. The molecule has 2 aliphatic carbocycles. The van der Waals surface area contributed by atoms with Crippen LogP contribution in [0.4, 0.5) is 24.5 Å². The maximum atomic E-state index is 14.1. The van der Waals surface area contributed by atoms with Gasteiger partial charge in [0, 0.05) is 26.1 Å². The number of para-hydroxylation sites is 1. The van der Waals surface area contributed by atoms with Gasteiger partial charge in [0.05, 0.1) is 40.9 Å². The van der Waals surface area contributed by atoms with Gasteiger partial charge in [-0.3, -0.25) is 24.1 Å². The third-order valence-electron chi connectivity index (χ3n) is 10.2. The van der Waals surface area contributed by atoms with Crippen LogP contribution < -0.4 is 24.6 Å². The molecule has 0 spiro atoms. The third-order valence-corrected chi connectivity index (χ3v) is 13.3. The van der Waals surface area contributed by atoms with Crippen LogP contribution in [-0.2, 0) is 20.6 Å². The van der Waals surface area contributed by atoms with E-state index in [0.29, 0.717) is 38.7 Å². The van der Waals surface area contributed by atoms with Gasteiger partial charge in [0.1, 0.15) is 11.5 Å². The second-order valence-corrected chi connectivity index (χ2v) is 15.9. The summed E-state index contributed by atoms with van der Waals surface area (Å²) in [6, 6.07) is 16.8. The standard InChI is InChI=1S/C35H27BrF3N3O6S2/c1-47-17-9-7-16(8-10-17)42-32(44)27-19-13-20(28(27)33(42)45)29-26(19)25(30-31(49-29)41-34(46)50-30)18-12-15(36)6-11-23(18)48-14-24(43)40-22-5-3-2-4-21(22)35(37,38)39/h2-12,19-20,25-29H,13-14H2,1H3,(H,40,43)(H,41,46)/t19-,20-,25+,26-,27+,28+,29-/m1/s1. The molecule has 258 valence electrons. The van der Waals surface area contributed by atoms with E-state index in [9.17, 15) is 32.3 Å². The lowest BCUT2D eigenvalue weighted by Crippen LogP contribution is -2.42. The lowest BCUT2D eigenvalue weighted by molar-refractivity contribution is -0.137. The largest absolute Gasteiger partial charge is 0.497 e. The minimum atomic E-state index is -4.66. The lowest BCUT2D eigenvalue weighted by Gasteiger charge is -2.43. The molecule has 4 aliphatic rings. The van der Waals surface area contributed by atoms with Crippen molar-refractivity contribution in [2.45, 2.75) is 28.8 Å². The van der Waals surface area contributed by atoms with Crippen LogP contribution in [0.3, 0.4) is 0 Å². The summed E-state index contributed by atoms with van der Waals surface area (Å²) in [5, 5.41) is 2.92. The Balaban J connectivity index is 1.12. The van der Waals surface area contributed by atoms with Crippen molar-refractivity contribution in [2.75, 3.05) is 23.9 Å². The predicted octanol–water partition coefficient (Wildman–Crippen LogP) is 6.92. The molecule has 2 saturated carbocycles. The number of thioether (sulfide) groups is 1. The van der Waals surface area contributed by atoms with Crippen LogP contribution in [0.25, 0.3) is 0 Å². The highest BCUT2D eigenvalue weighted by atomic mass is 79.9. The first-order chi connectivity index (χ1) is 23.9. The molecule has 3 amide bonds. The van der Waals surface area contributed by atoms with Gasteiger partial charge in [-0.1, -0.05) is 39.4 Å². The molecule has 3 heterocycles. The van der Waals surface area contributed by atoms with E-state index in [1.54, 1.807) is 55.3 Å². The minimum absolute atomic E-state index is 0.0921. The highest BCUT2D eigenvalue weighted by Gasteiger charge is 2.70. The van der Waals surface area contributed by atoms with Crippen molar-refractivity contribution in [3.05, 3.63) is 96.9 Å². The molecule has 2 N–H and O–H groups in total. The number of carbonyl (C=O) groups is 3. The van der Waals surface area contributed by atoms with E-state index in [1.165, 1.54) is 23.1 Å². The number of carbonyl (C=O) groups excluding carboxylic acids is 3. The van der Waals surface area contributed by atoms with Crippen molar-refractivity contribution in [3.63, 3.8) is 0 Å². The predicted molar refractivity (Wildman–Crippen MR) is 184 cm³/mol. The summed E-state index contributed by atoms with van der Waals surface area (Å²) in [6.45, 7) is -0.576. The Morgan fingerprint density at radius 2 is 1.74 bits per heavy atom. The van der Waals surface area contributed by atoms with Gasteiger partial charge in [0.25, 0.3) is 5.91 Å². The quantitative estimate of drug-likeness (QED) is 0.196. The minimum Gasteiger partial charge on any atom is -0.497 e. The molecule has 0 radical (unpaired) electrons. The fourth-order valence-electron chi connectivity index (χ4n) is 8.41. The number of nitrogens with zero attached hydrogens (tertiary/aromatic N) is 1. The highest BCUT2D eigenvalue weighted by Crippen LogP contribution is 2.69. The van der Waals surface area contributed by atoms with Gasteiger partial charge in [-0.25, -0.2) is 0 Å². The number of imide groups is 1. The van der Waals surface area contributed by atoms with Crippen molar-refractivity contribution in [3.8, 4) is 11.5 Å². The maximum absolute atomic E-state index is 14.1.